The third-order valence-corrected chi connectivity index (χ3v) is 5.05. The summed E-state index contributed by atoms with van der Waals surface area (Å²) >= 11 is 1.41. The molecule has 0 radical (unpaired) electrons. The van der Waals surface area contributed by atoms with Gasteiger partial charge in [0.05, 0.1) is 5.56 Å². The van der Waals surface area contributed by atoms with Gasteiger partial charge in [0.1, 0.15) is 18.6 Å². The van der Waals surface area contributed by atoms with Crippen molar-refractivity contribution < 1.29 is 18.7 Å². The molecule has 0 atom stereocenters. The molecule has 2 aromatic heterocycles. The maximum Gasteiger partial charge on any atom is 0.302 e. The van der Waals surface area contributed by atoms with Crippen molar-refractivity contribution in [3.63, 3.8) is 0 Å². The smallest absolute Gasteiger partial charge is 0.302 e. The molecule has 8 heteroatoms. The molecule has 0 bridgehead atoms. The molecule has 7 nitrogen and oxygen atoms in total. The van der Waals surface area contributed by atoms with Gasteiger partial charge in [0.15, 0.2) is 5.69 Å². The molecule has 156 valence electrons. The summed E-state index contributed by atoms with van der Waals surface area (Å²) in [6.45, 7) is 0.815. The van der Waals surface area contributed by atoms with E-state index >= 15 is 0 Å². The number of benzene rings is 2. The summed E-state index contributed by atoms with van der Waals surface area (Å²) in [5.41, 5.74) is 2.60. The van der Waals surface area contributed by atoms with E-state index in [4.69, 9.17) is 9.15 Å². The molecule has 0 aliphatic rings. The molecule has 0 fully saturated rings. The first-order valence-electron chi connectivity index (χ1n) is 9.50. The third kappa shape index (κ3) is 5.58. The lowest BCUT2D eigenvalue weighted by atomic mass is 10.2. The van der Waals surface area contributed by atoms with Crippen LogP contribution in [0.2, 0.25) is 0 Å². The van der Waals surface area contributed by atoms with Crippen LogP contribution in [0.25, 0.3) is 0 Å². The number of nitrogens with one attached hydrogen (secondary N) is 2. The maximum atomic E-state index is 12.3. The summed E-state index contributed by atoms with van der Waals surface area (Å²) < 4.78 is 10.9. The highest BCUT2D eigenvalue weighted by atomic mass is 32.1. The van der Waals surface area contributed by atoms with Gasteiger partial charge in [-0.2, -0.15) is 16.3 Å². The average Bonchev–Trinajstić information content (AvgIpc) is 3.50. The Morgan fingerprint density at radius 3 is 2.52 bits per heavy atom. The number of rotatable bonds is 8. The van der Waals surface area contributed by atoms with Crippen molar-refractivity contribution in [2.75, 3.05) is 5.32 Å². The van der Waals surface area contributed by atoms with Crippen molar-refractivity contribution in [1.29, 1.82) is 0 Å². The van der Waals surface area contributed by atoms with Gasteiger partial charge < -0.3 is 14.5 Å². The summed E-state index contributed by atoms with van der Waals surface area (Å²) in [6.07, 6.45) is 1.21. The molecule has 2 amide bonds. The highest BCUT2D eigenvalue weighted by Crippen LogP contribution is 2.15. The van der Waals surface area contributed by atoms with E-state index in [-0.39, 0.29) is 17.6 Å². The van der Waals surface area contributed by atoms with E-state index in [9.17, 15) is 9.59 Å². The Bertz CT molecular complexity index is 1140. The second-order valence-electron chi connectivity index (χ2n) is 6.60. The van der Waals surface area contributed by atoms with Crippen LogP contribution in [0.4, 0.5) is 6.01 Å². The summed E-state index contributed by atoms with van der Waals surface area (Å²) in [5, 5.41) is 8.80. The lowest BCUT2D eigenvalue weighted by Crippen LogP contribution is -2.23. The van der Waals surface area contributed by atoms with E-state index in [1.165, 1.54) is 17.6 Å². The first-order chi connectivity index (χ1) is 15.2. The molecule has 0 aliphatic carbocycles. The Morgan fingerprint density at radius 1 is 0.968 bits per heavy atom. The maximum absolute atomic E-state index is 12.3. The lowest BCUT2D eigenvalue weighted by Gasteiger charge is -2.08. The van der Waals surface area contributed by atoms with Crippen LogP contribution in [0, 0.1) is 0 Å². The fourth-order valence-electron chi connectivity index (χ4n) is 2.72. The van der Waals surface area contributed by atoms with Crippen molar-refractivity contribution in [2.24, 2.45) is 0 Å². The van der Waals surface area contributed by atoms with Crippen LogP contribution in [0.15, 0.2) is 82.1 Å². The van der Waals surface area contributed by atoms with Crippen LogP contribution in [0.5, 0.6) is 5.75 Å². The molecule has 0 saturated carbocycles. The van der Waals surface area contributed by atoms with Crippen LogP contribution in [0.3, 0.4) is 0 Å². The minimum Gasteiger partial charge on any atom is -0.489 e. The van der Waals surface area contributed by atoms with Crippen molar-refractivity contribution >= 4 is 29.2 Å². The van der Waals surface area contributed by atoms with E-state index in [0.29, 0.717) is 18.7 Å². The van der Waals surface area contributed by atoms with Crippen molar-refractivity contribution in [2.45, 2.75) is 13.2 Å². The Kier molecular flexibility index (Phi) is 6.39. The number of carbonyl (C=O) groups excluding carboxylic acids is 2. The van der Waals surface area contributed by atoms with Crippen LogP contribution in [-0.4, -0.2) is 16.8 Å². The van der Waals surface area contributed by atoms with Crippen LogP contribution >= 0.6 is 11.3 Å². The summed E-state index contributed by atoms with van der Waals surface area (Å²) in [5.74, 6) is 0.00949. The number of thiophene rings is 1. The second kappa shape index (κ2) is 9.73. The normalized spacial score (nSPS) is 10.5. The minimum absolute atomic E-state index is 0.0266. The number of carbonyl (C=O) groups is 2. The summed E-state index contributed by atoms with van der Waals surface area (Å²) in [4.78, 5) is 28.3. The molecule has 31 heavy (non-hydrogen) atoms. The number of hydrogen-bond acceptors (Lipinski definition) is 6. The van der Waals surface area contributed by atoms with Gasteiger partial charge in [0, 0.05) is 11.9 Å². The van der Waals surface area contributed by atoms with Gasteiger partial charge in [-0.05, 0) is 34.7 Å². The van der Waals surface area contributed by atoms with Crippen molar-refractivity contribution in [3.8, 4) is 5.75 Å². The SMILES string of the molecule is O=C(Nc1nc(C(=O)NCc2ccc(OCc3ccccc3)cc2)co1)c1ccsc1. The first kappa shape index (κ1) is 20.4. The molecule has 0 saturated heterocycles. The number of ether oxygens (including phenoxy) is 1. The zero-order valence-corrected chi connectivity index (χ0v) is 17.2. The lowest BCUT2D eigenvalue weighted by molar-refractivity contribution is 0.0944. The Hall–Kier alpha value is -3.91. The van der Waals surface area contributed by atoms with E-state index in [2.05, 4.69) is 15.6 Å². The van der Waals surface area contributed by atoms with Gasteiger partial charge in [-0.1, -0.05) is 42.5 Å². The van der Waals surface area contributed by atoms with E-state index in [1.807, 2.05) is 54.6 Å². The molecule has 4 aromatic rings. The monoisotopic (exact) mass is 433 g/mol. The summed E-state index contributed by atoms with van der Waals surface area (Å²) in [6, 6.07) is 19.1. The highest BCUT2D eigenvalue weighted by Gasteiger charge is 2.15. The second-order valence-corrected chi connectivity index (χ2v) is 7.38. The number of anilines is 1. The topological polar surface area (TPSA) is 93.5 Å². The minimum atomic E-state index is -0.399. The van der Waals surface area contributed by atoms with Gasteiger partial charge in [-0.15, -0.1) is 0 Å². The standard InChI is InChI=1S/C23H19N3O4S/c27-21(18-10-11-31-15-18)26-23-25-20(14-30-23)22(28)24-12-16-6-8-19(9-7-16)29-13-17-4-2-1-3-5-17/h1-11,14-15H,12-13H2,(H,24,28)(H,25,26,27). The predicted octanol–water partition coefficient (Wildman–Crippen LogP) is 4.50. The Morgan fingerprint density at radius 2 is 1.77 bits per heavy atom. The zero-order chi connectivity index (χ0) is 21.5. The molecular formula is C23H19N3O4S. The van der Waals surface area contributed by atoms with E-state index in [1.54, 1.807) is 16.8 Å². The Balaban J connectivity index is 1.26. The first-order valence-corrected chi connectivity index (χ1v) is 10.4. The highest BCUT2D eigenvalue weighted by molar-refractivity contribution is 7.08. The molecule has 2 aromatic carbocycles. The van der Waals surface area contributed by atoms with E-state index in [0.717, 1.165) is 16.9 Å². The number of aromatic nitrogens is 1. The largest absolute Gasteiger partial charge is 0.489 e. The zero-order valence-electron chi connectivity index (χ0n) is 16.4. The molecule has 4 rings (SSSR count). The third-order valence-electron chi connectivity index (χ3n) is 4.37. The van der Waals surface area contributed by atoms with Gasteiger partial charge in [-0.3, -0.25) is 14.9 Å². The number of nitrogens with zero attached hydrogens (tertiary/aromatic N) is 1. The predicted molar refractivity (Wildman–Crippen MR) is 117 cm³/mol. The van der Waals surface area contributed by atoms with Crippen LogP contribution < -0.4 is 15.4 Å². The molecule has 0 aliphatic heterocycles. The van der Waals surface area contributed by atoms with Crippen molar-refractivity contribution in [3.05, 3.63) is 100 Å². The van der Waals surface area contributed by atoms with E-state index < -0.39 is 5.91 Å². The number of amides is 2. The van der Waals surface area contributed by atoms with Crippen LogP contribution in [-0.2, 0) is 13.2 Å². The molecular weight excluding hydrogens is 414 g/mol. The van der Waals surface area contributed by atoms with Crippen LogP contribution in [0.1, 0.15) is 32.0 Å². The molecule has 2 N–H and O–H groups in total. The molecule has 0 unspecified atom stereocenters. The van der Waals surface area contributed by atoms with Gasteiger partial charge in [-0.25, -0.2) is 0 Å². The number of oxazole rings is 1. The average molecular weight is 433 g/mol. The molecule has 0 spiro atoms. The van der Waals surface area contributed by atoms with Crippen molar-refractivity contribution in [1.82, 2.24) is 10.3 Å². The van der Waals surface area contributed by atoms with Gasteiger partial charge in [0.2, 0.25) is 0 Å². The fraction of sp³-hybridized carbons (Fsp3) is 0.0870. The van der Waals surface area contributed by atoms with Gasteiger partial charge >= 0.3 is 6.01 Å². The van der Waals surface area contributed by atoms with Gasteiger partial charge in [0.25, 0.3) is 11.8 Å². The molecule has 2 heterocycles. The number of hydrogen-bond donors (Lipinski definition) is 2. The Labute approximate surface area is 182 Å². The fourth-order valence-corrected chi connectivity index (χ4v) is 3.35. The summed E-state index contributed by atoms with van der Waals surface area (Å²) in [7, 11) is 0. The quantitative estimate of drug-likeness (QED) is 0.427.